The molecule has 0 unspecified atom stereocenters. The molecule has 0 bridgehead atoms. The highest BCUT2D eigenvalue weighted by Gasteiger charge is 2.26. The molecule has 0 N–H and O–H groups in total. The minimum atomic E-state index is 1.02. The van der Waals surface area contributed by atoms with Crippen LogP contribution >= 0.6 is 15.9 Å². The van der Waals surface area contributed by atoms with Crippen molar-refractivity contribution >= 4 is 15.9 Å². The predicted octanol–water partition coefficient (Wildman–Crippen LogP) is 2.37. The first-order valence-electron chi connectivity index (χ1n) is 6.84. The first-order chi connectivity index (χ1) is 8.79. The van der Waals surface area contributed by atoms with Gasteiger partial charge in [-0.2, -0.15) is 0 Å². The Hall–Kier alpha value is -0.450. The van der Waals surface area contributed by atoms with Gasteiger partial charge < -0.3 is 4.90 Å². The van der Waals surface area contributed by atoms with Crippen molar-refractivity contribution in [2.24, 2.45) is 5.92 Å². The van der Waals surface area contributed by atoms with Crippen LogP contribution < -0.4 is 0 Å². The number of rotatable bonds is 4. The maximum Gasteiger partial charge on any atom is 0.0410 e. The summed E-state index contributed by atoms with van der Waals surface area (Å²) in [5.74, 6) is 1.02. The summed E-state index contributed by atoms with van der Waals surface area (Å²) in [4.78, 5) is 9.40. The van der Waals surface area contributed by atoms with Gasteiger partial charge in [0.25, 0.3) is 0 Å². The molecule has 0 atom stereocenters. The van der Waals surface area contributed by atoms with Crippen LogP contribution in [-0.2, 0) is 6.54 Å². The predicted molar refractivity (Wildman–Crippen MR) is 76.4 cm³/mol. The number of nitrogens with zero attached hydrogens (tertiary/aromatic N) is 3. The van der Waals surface area contributed by atoms with E-state index in [-0.39, 0.29) is 0 Å². The lowest BCUT2D eigenvalue weighted by Gasteiger charge is -2.34. The summed E-state index contributed by atoms with van der Waals surface area (Å²) in [5, 5.41) is 0. The fraction of sp³-hybridized carbons (Fsp3) is 0.643. The number of piperazine rings is 1. The molecule has 0 spiro atoms. The highest BCUT2D eigenvalue weighted by atomic mass is 79.9. The normalized spacial score (nSPS) is 22.3. The Morgan fingerprint density at radius 1 is 1.11 bits per heavy atom. The third kappa shape index (κ3) is 3.53. The second kappa shape index (κ2) is 5.68. The zero-order chi connectivity index (χ0) is 12.4. The third-order valence-electron chi connectivity index (χ3n) is 3.85. The number of pyridine rings is 1. The molecule has 2 aliphatic rings. The van der Waals surface area contributed by atoms with Crippen LogP contribution in [0.3, 0.4) is 0 Å². The van der Waals surface area contributed by atoms with Gasteiger partial charge in [0, 0.05) is 56.1 Å². The summed E-state index contributed by atoms with van der Waals surface area (Å²) in [6, 6.07) is 2.17. The Kier molecular flexibility index (Phi) is 3.97. The first kappa shape index (κ1) is 12.6. The van der Waals surface area contributed by atoms with Crippen LogP contribution in [0.4, 0.5) is 0 Å². The van der Waals surface area contributed by atoms with Crippen LogP contribution in [0, 0.1) is 5.92 Å². The summed E-state index contributed by atoms with van der Waals surface area (Å²) < 4.78 is 1.08. The Morgan fingerprint density at radius 3 is 2.50 bits per heavy atom. The van der Waals surface area contributed by atoms with Gasteiger partial charge in [-0.3, -0.25) is 9.88 Å². The molecule has 3 rings (SSSR count). The molecule has 1 aromatic heterocycles. The Balaban J connectivity index is 1.47. The van der Waals surface area contributed by atoms with E-state index < -0.39 is 0 Å². The zero-order valence-corrected chi connectivity index (χ0v) is 12.3. The number of halogens is 1. The monoisotopic (exact) mass is 309 g/mol. The van der Waals surface area contributed by atoms with Crippen molar-refractivity contribution in [2.75, 3.05) is 32.7 Å². The molecular weight excluding hydrogens is 290 g/mol. The Bertz CT molecular complexity index is 398. The molecule has 2 heterocycles. The average Bonchev–Trinajstić information content (AvgIpc) is 3.16. The van der Waals surface area contributed by atoms with Crippen LogP contribution in [0.25, 0.3) is 0 Å². The van der Waals surface area contributed by atoms with Gasteiger partial charge in [0.05, 0.1) is 0 Å². The summed E-state index contributed by atoms with van der Waals surface area (Å²) in [5.41, 5.74) is 1.31. The highest BCUT2D eigenvalue weighted by molar-refractivity contribution is 9.10. The van der Waals surface area contributed by atoms with Gasteiger partial charge in [-0.1, -0.05) is 0 Å². The van der Waals surface area contributed by atoms with Gasteiger partial charge in [0.1, 0.15) is 0 Å². The van der Waals surface area contributed by atoms with E-state index in [0.29, 0.717) is 0 Å². The fourth-order valence-electron chi connectivity index (χ4n) is 2.60. The molecule has 1 aliphatic heterocycles. The molecular formula is C14H20BrN3. The molecule has 98 valence electrons. The fourth-order valence-corrected chi connectivity index (χ4v) is 3.01. The van der Waals surface area contributed by atoms with E-state index >= 15 is 0 Å². The van der Waals surface area contributed by atoms with Crippen LogP contribution in [-0.4, -0.2) is 47.5 Å². The minimum absolute atomic E-state index is 1.02. The summed E-state index contributed by atoms with van der Waals surface area (Å²) in [6.45, 7) is 7.23. The smallest absolute Gasteiger partial charge is 0.0410 e. The summed E-state index contributed by atoms with van der Waals surface area (Å²) >= 11 is 3.48. The summed E-state index contributed by atoms with van der Waals surface area (Å²) in [7, 11) is 0. The van der Waals surface area contributed by atoms with Crippen molar-refractivity contribution in [3.8, 4) is 0 Å². The molecule has 0 amide bonds. The van der Waals surface area contributed by atoms with E-state index in [1.54, 1.807) is 0 Å². The van der Waals surface area contributed by atoms with Gasteiger partial charge in [-0.05, 0) is 46.3 Å². The van der Waals surface area contributed by atoms with Crippen LogP contribution in [0.5, 0.6) is 0 Å². The highest BCUT2D eigenvalue weighted by Crippen LogP contribution is 2.29. The quantitative estimate of drug-likeness (QED) is 0.851. The lowest BCUT2D eigenvalue weighted by atomic mass is 10.2. The zero-order valence-electron chi connectivity index (χ0n) is 10.7. The average molecular weight is 310 g/mol. The van der Waals surface area contributed by atoms with Gasteiger partial charge in [-0.25, -0.2) is 0 Å². The molecule has 1 saturated heterocycles. The van der Waals surface area contributed by atoms with Crippen molar-refractivity contribution in [2.45, 2.75) is 19.4 Å². The number of aromatic nitrogens is 1. The molecule has 0 aromatic carbocycles. The molecule has 18 heavy (non-hydrogen) atoms. The second-order valence-electron chi connectivity index (χ2n) is 5.53. The first-order valence-corrected chi connectivity index (χ1v) is 7.63. The maximum absolute atomic E-state index is 4.23. The van der Waals surface area contributed by atoms with E-state index in [2.05, 4.69) is 36.8 Å². The van der Waals surface area contributed by atoms with Gasteiger partial charge in [0.2, 0.25) is 0 Å². The van der Waals surface area contributed by atoms with Crippen LogP contribution in [0.2, 0.25) is 0 Å². The molecule has 1 saturated carbocycles. The van der Waals surface area contributed by atoms with Gasteiger partial charge in [-0.15, -0.1) is 0 Å². The third-order valence-corrected chi connectivity index (χ3v) is 4.28. The standard InChI is InChI=1S/C14H20BrN3/c15-14-7-13(8-16-9-14)11-18-5-3-17(4-6-18)10-12-1-2-12/h7-9,12H,1-6,10-11H2. The van der Waals surface area contributed by atoms with Crippen molar-refractivity contribution in [1.82, 2.24) is 14.8 Å². The van der Waals surface area contributed by atoms with Crippen LogP contribution in [0.1, 0.15) is 18.4 Å². The second-order valence-corrected chi connectivity index (χ2v) is 6.45. The molecule has 1 aromatic rings. The lowest BCUT2D eigenvalue weighted by Crippen LogP contribution is -2.46. The number of hydrogen-bond acceptors (Lipinski definition) is 3. The van der Waals surface area contributed by atoms with E-state index in [0.717, 1.165) is 16.9 Å². The van der Waals surface area contributed by atoms with E-state index in [4.69, 9.17) is 0 Å². The van der Waals surface area contributed by atoms with Crippen molar-refractivity contribution < 1.29 is 0 Å². The van der Waals surface area contributed by atoms with E-state index in [1.165, 1.54) is 51.1 Å². The minimum Gasteiger partial charge on any atom is -0.301 e. The SMILES string of the molecule is Brc1cncc(CN2CCN(CC3CC3)CC2)c1. The van der Waals surface area contributed by atoms with Crippen molar-refractivity contribution in [3.05, 3.63) is 28.5 Å². The number of hydrogen-bond donors (Lipinski definition) is 0. The molecule has 3 nitrogen and oxygen atoms in total. The summed E-state index contributed by atoms with van der Waals surface area (Å²) in [6.07, 6.45) is 6.74. The molecule has 1 aliphatic carbocycles. The molecule has 0 radical (unpaired) electrons. The largest absolute Gasteiger partial charge is 0.301 e. The van der Waals surface area contributed by atoms with Gasteiger partial charge in [0.15, 0.2) is 0 Å². The lowest BCUT2D eigenvalue weighted by molar-refractivity contribution is 0.123. The Labute approximate surface area is 117 Å². The molecule has 2 fully saturated rings. The van der Waals surface area contributed by atoms with E-state index in [9.17, 15) is 0 Å². The Morgan fingerprint density at radius 2 is 1.83 bits per heavy atom. The van der Waals surface area contributed by atoms with Crippen molar-refractivity contribution in [1.29, 1.82) is 0 Å². The molecule has 4 heteroatoms. The van der Waals surface area contributed by atoms with Gasteiger partial charge >= 0.3 is 0 Å². The topological polar surface area (TPSA) is 19.4 Å². The maximum atomic E-state index is 4.23. The van der Waals surface area contributed by atoms with E-state index in [1.807, 2.05) is 12.4 Å². The van der Waals surface area contributed by atoms with Crippen LogP contribution in [0.15, 0.2) is 22.9 Å². The van der Waals surface area contributed by atoms with Crippen molar-refractivity contribution in [3.63, 3.8) is 0 Å².